The minimum absolute atomic E-state index is 0.104. The van der Waals surface area contributed by atoms with Gasteiger partial charge in [0.15, 0.2) is 5.65 Å². The van der Waals surface area contributed by atoms with Crippen molar-refractivity contribution in [2.45, 2.75) is 37.1 Å². The predicted octanol–water partition coefficient (Wildman–Crippen LogP) is 3.06. The minimum Gasteiger partial charge on any atom is -0.311 e. The summed E-state index contributed by atoms with van der Waals surface area (Å²) in [7, 11) is 0. The van der Waals surface area contributed by atoms with Crippen LogP contribution in [-0.4, -0.2) is 36.1 Å². The molecule has 0 bridgehead atoms. The fourth-order valence-electron chi connectivity index (χ4n) is 4.46. The van der Waals surface area contributed by atoms with Crippen LogP contribution in [0.4, 0.5) is 0 Å². The molecule has 1 aliphatic carbocycles. The van der Waals surface area contributed by atoms with Crippen LogP contribution in [-0.2, 0) is 0 Å². The molecule has 5 heterocycles. The summed E-state index contributed by atoms with van der Waals surface area (Å²) in [5, 5.41) is 8.51. The highest BCUT2D eigenvalue weighted by atomic mass is 35.5. The molecule has 1 aliphatic heterocycles. The maximum absolute atomic E-state index is 12.9. The Bertz CT molecular complexity index is 1320. The smallest absolute Gasteiger partial charge is 0.258 e. The van der Waals surface area contributed by atoms with Gasteiger partial charge in [0.25, 0.3) is 5.56 Å². The number of imidazole rings is 1. The third-order valence-electron chi connectivity index (χ3n) is 6.19. The first-order valence-electron chi connectivity index (χ1n) is 9.89. The molecule has 4 aromatic rings. The van der Waals surface area contributed by atoms with Gasteiger partial charge in [-0.1, -0.05) is 17.7 Å². The van der Waals surface area contributed by atoms with Gasteiger partial charge in [0.05, 0.1) is 11.9 Å². The molecular weight excluding hydrogens is 388 g/mol. The van der Waals surface area contributed by atoms with E-state index in [1.807, 2.05) is 18.3 Å². The quantitative estimate of drug-likeness (QED) is 0.553. The van der Waals surface area contributed by atoms with E-state index in [-0.39, 0.29) is 5.56 Å². The van der Waals surface area contributed by atoms with E-state index in [2.05, 4.69) is 26.4 Å². The number of piperidine rings is 1. The molecule has 146 valence electrons. The highest BCUT2D eigenvalue weighted by Crippen LogP contribution is 2.46. The van der Waals surface area contributed by atoms with Crippen molar-refractivity contribution in [2.75, 3.05) is 6.54 Å². The van der Waals surface area contributed by atoms with Gasteiger partial charge in [-0.25, -0.2) is 14.5 Å². The van der Waals surface area contributed by atoms with Crippen LogP contribution in [0.2, 0.25) is 5.15 Å². The van der Waals surface area contributed by atoms with Crippen molar-refractivity contribution in [2.24, 2.45) is 0 Å². The van der Waals surface area contributed by atoms with Crippen LogP contribution in [0.1, 0.15) is 37.2 Å². The summed E-state index contributed by atoms with van der Waals surface area (Å²) in [5.74, 6) is 0.491. The van der Waals surface area contributed by atoms with Crippen LogP contribution in [0.3, 0.4) is 0 Å². The molecule has 1 spiro atoms. The molecule has 0 aromatic carbocycles. The maximum atomic E-state index is 12.9. The first-order chi connectivity index (χ1) is 14.1. The summed E-state index contributed by atoms with van der Waals surface area (Å²) in [4.78, 5) is 21.7. The van der Waals surface area contributed by atoms with Gasteiger partial charge in [-0.15, -0.1) is 0 Å². The third kappa shape index (κ3) is 2.92. The molecule has 1 saturated heterocycles. The number of nitrogens with zero attached hydrogens (tertiary/aromatic N) is 5. The average Bonchev–Trinajstić information content (AvgIpc) is 3.35. The Morgan fingerprint density at radius 3 is 2.79 bits per heavy atom. The van der Waals surface area contributed by atoms with E-state index >= 15 is 0 Å². The summed E-state index contributed by atoms with van der Waals surface area (Å²) in [6, 6.07) is 9.20. The van der Waals surface area contributed by atoms with Gasteiger partial charge in [-0.05, 0) is 61.9 Å². The van der Waals surface area contributed by atoms with Crippen LogP contribution in [0.5, 0.6) is 0 Å². The average molecular weight is 407 g/mol. The summed E-state index contributed by atoms with van der Waals surface area (Å²) < 4.78 is 3.24. The summed E-state index contributed by atoms with van der Waals surface area (Å²) in [5.41, 5.74) is 3.87. The number of fused-ring (bicyclic) bond motifs is 2. The van der Waals surface area contributed by atoms with Crippen molar-refractivity contribution in [1.29, 1.82) is 0 Å². The number of hydrogen-bond donors (Lipinski definition) is 1. The monoisotopic (exact) mass is 406 g/mol. The molecule has 0 amide bonds. The molecule has 29 heavy (non-hydrogen) atoms. The Balaban J connectivity index is 1.40. The molecule has 1 saturated carbocycles. The van der Waals surface area contributed by atoms with E-state index in [0.29, 0.717) is 39.3 Å². The molecule has 2 aliphatic rings. The summed E-state index contributed by atoms with van der Waals surface area (Å²) in [6.45, 7) is 1.04. The summed E-state index contributed by atoms with van der Waals surface area (Å²) >= 11 is 5.94. The highest BCUT2D eigenvalue weighted by molar-refractivity contribution is 6.29. The van der Waals surface area contributed by atoms with Gasteiger partial charge in [0.1, 0.15) is 16.5 Å². The van der Waals surface area contributed by atoms with Crippen molar-refractivity contribution in [3.63, 3.8) is 0 Å². The molecule has 8 heteroatoms. The lowest BCUT2D eigenvalue weighted by Crippen LogP contribution is -2.39. The lowest BCUT2D eigenvalue weighted by molar-refractivity contribution is 0.345. The highest BCUT2D eigenvalue weighted by Gasteiger charge is 2.46. The van der Waals surface area contributed by atoms with Crippen LogP contribution in [0.15, 0.2) is 47.5 Å². The van der Waals surface area contributed by atoms with Crippen molar-refractivity contribution in [1.82, 2.24) is 29.3 Å². The number of hydrogen-bond acceptors (Lipinski definition) is 5. The molecule has 1 atom stereocenters. The summed E-state index contributed by atoms with van der Waals surface area (Å²) in [6.07, 6.45) is 8.38. The van der Waals surface area contributed by atoms with Crippen LogP contribution >= 0.6 is 11.6 Å². The third-order valence-corrected chi connectivity index (χ3v) is 6.37. The normalized spacial score (nSPS) is 20.5. The van der Waals surface area contributed by atoms with E-state index in [4.69, 9.17) is 11.6 Å². The van der Waals surface area contributed by atoms with Gasteiger partial charge in [-0.2, -0.15) is 5.10 Å². The zero-order chi connectivity index (χ0) is 19.6. The van der Waals surface area contributed by atoms with Gasteiger partial charge in [0, 0.05) is 17.8 Å². The minimum atomic E-state index is -0.104. The Kier molecular flexibility index (Phi) is 3.61. The second kappa shape index (κ2) is 6.11. The Hall–Kier alpha value is -2.77. The van der Waals surface area contributed by atoms with Gasteiger partial charge >= 0.3 is 0 Å². The lowest BCUT2D eigenvalue weighted by atomic mass is 9.86. The molecule has 7 nitrogen and oxygen atoms in total. The number of rotatable bonds is 2. The number of halogens is 1. The SMILES string of the molecule is O=c1cc(-c2ccc3nc(Cl)cn3n2)nc2ccc([C@@H]3CCNC4(CC4)C3)cn12. The molecular formula is C21H19ClN6O. The van der Waals surface area contributed by atoms with Crippen LogP contribution < -0.4 is 10.9 Å². The molecule has 2 fully saturated rings. The van der Waals surface area contributed by atoms with E-state index in [0.717, 1.165) is 19.4 Å². The van der Waals surface area contributed by atoms with Crippen molar-refractivity contribution in [3.8, 4) is 11.4 Å². The zero-order valence-electron chi connectivity index (χ0n) is 15.7. The fourth-order valence-corrected chi connectivity index (χ4v) is 4.63. The van der Waals surface area contributed by atoms with E-state index in [1.54, 1.807) is 21.2 Å². The Morgan fingerprint density at radius 2 is 1.93 bits per heavy atom. The number of aromatic nitrogens is 5. The number of pyridine rings is 1. The topological polar surface area (TPSA) is 76.6 Å². The maximum Gasteiger partial charge on any atom is 0.258 e. The van der Waals surface area contributed by atoms with Crippen LogP contribution in [0.25, 0.3) is 22.7 Å². The van der Waals surface area contributed by atoms with Crippen molar-refractivity contribution >= 4 is 22.9 Å². The first kappa shape index (κ1) is 17.1. The molecule has 6 rings (SSSR count). The Labute approximate surface area is 171 Å². The van der Waals surface area contributed by atoms with E-state index < -0.39 is 0 Å². The molecule has 0 radical (unpaired) electrons. The van der Waals surface area contributed by atoms with Gasteiger partial charge in [-0.3, -0.25) is 9.20 Å². The standard InChI is InChI=1S/C21H19ClN6O/c22-17-12-28-19(25-17)4-2-15(26-28)16-9-20(29)27-11-14(1-3-18(27)24-16)13-5-8-23-21(10-13)6-7-21/h1-4,9,11-13,23H,5-8,10H2/t13-/m1/s1. The largest absolute Gasteiger partial charge is 0.311 e. The molecule has 1 N–H and O–H groups in total. The van der Waals surface area contributed by atoms with E-state index in [9.17, 15) is 4.79 Å². The van der Waals surface area contributed by atoms with Gasteiger partial charge < -0.3 is 5.32 Å². The Morgan fingerprint density at radius 1 is 1.07 bits per heavy atom. The predicted molar refractivity (Wildman–Crippen MR) is 110 cm³/mol. The molecule has 0 unspecified atom stereocenters. The van der Waals surface area contributed by atoms with Crippen molar-refractivity contribution in [3.05, 3.63) is 63.8 Å². The van der Waals surface area contributed by atoms with Crippen molar-refractivity contribution < 1.29 is 0 Å². The first-order valence-corrected chi connectivity index (χ1v) is 10.3. The van der Waals surface area contributed by atoms with Gasteiger partial charge in [0.2, 0.25) is 0 Å². The zero-order valence-corrected chi connectivity index (χ0v) is 16.4. The van der Waals surface area contributed by atoms with E-state index in [1.165, 1.54) is 24.5 Å². The second-order valence-electron chi connectivity index (χ2n) is 8.15. The number of nitrogens with one attached hydrogen (secondary N) is 1. The second-order valence-corrected chi connectivity index (χ2v) is 8.54. The van der Waals surface area contributed by atoms with Crippen LogP contribution in [0, 0.1) is 0 Å². The fraction of sp³-hybridized carbons (Fsp3) is 0.333. The molecule has 4 aromatic heterocycles. The lowest BCUT2D eigenvalue weighted by Gasteiger charge is -2.30.